The number of nitrogens with zero attached hydrogens (tertiary/aromatic N) is 3. The van der Waals surface area contributed by atoms with E-state index in [-0.39, 0.29) is 10.8 Å². The van der Waals surface area contributed by atoms with E-state index in [0.29, 0.717) is 18.1 Å². The number of aromatic hydroxyl groups is 1. The molecule has 1 aromatic carbocycles. The second-order valence-corrected chi connectivity index (χ2v) is 7.01. The molecule has 0 atom stereocenters. The standard InChI is InChI=1S/C14H17N3O3S/c1-10-15-13(9-16(10)2)21(19,20)17-8-4-6-11-5-3-7-12(18)14(11)17/h3,5,7,9,18H,4,6,8H2,1-2H3. The molecule has 0 spiro atoms. The van der Waals surface area contributed by atoms with Crippen molar-refractivity contribution in [1.82, 2.24) is 9.55 Å². The first-order valence-corrected chi connectivity index (χ1v) is 8.19. The Bertz CT molecular complexity index is 776. The average molecular weight is 307 g/mol. The van der Waals surface area contributed by atoms with Gasteiger partial charge in [0, 0.05) is 19.8 Å². The summed E-state index contributed by atoms with van der Waals surface area (Å²) in [5.41, 5.74) is 1.23. The van der Waals surface area contributed by atoms with Gasteiger partial charge < -0.3 is 9.67 Å². The smallest absolute Gasteiger partial charge is 0.283 e. The van der Waals surface area contributed by atoms with Crippen LogP contribution in [-0.2, 0) is 23.5 Å². The number of anilines is 1. The van der Waals surface area contributed by atoms with Crippen LogP contribution in [-0.4, -0.2) is 29.6 Å². The lowest BCUT2D eigenvalue weighted by Crippen LogP contribution is -2.35. The van der Waals surface area contributed by atoms with Gasteiger partial charge in [-0.1, -0.05) is 12.1 Å². The molecule has 21 heavy (non-hydrogen) atoms. The molecule has 1 aromatic heterocycles. The number of phenols is 1. The second kappa shape index (κ2) is 4.77. The Kier molecular flexibility index (Phi) is 3.16. The summed E-state index contributed by atoms with van der Waals surface area (Å²) in [5.74, 6) is 0.617. The molecule has 0 aliphatic carbocycles. The normalized spacial score (nSPS) is 15.0. The van der Waals surface area contributed by atoms with Crippen molar-refractivity contribution in [2.45, 2.75) is 24.8 Å². The van der Waals surface area contributed by atoms with Gasteiger partial charge in [-0.25, -0.2) is 4.98 Å². The Hall–Kier alpha value is -2.02. The van der Waals surface area contributed by atoms with Gasteiger partial charge in [-0.05, 0) is 31.4 Å². The van der Waals surface area contributed by atoms with Gasteiger partial charge in [0.25, 0.3) is 10.0 Å². The molecular weight excluding hydrogens is 290 g/mol. The molecule has 2 aromatic rings. The Labute approximate surface area is 123 Å². The third-order valence-electron chi connectivity index (χ3n) is 3.80. The van der Waals surface area contributed by atoms with Gasteiger partial charge in [-0.2, -0.15) is 8.42 Å². The van der Waals surface area contributed by atoms with E-state index < -0.39 is 10.0 Å². The molecular formula is C14H17N3O3S. The lowest BCUT2D eigenvalue weighted by atomic mass is 10.0. The molecule has 0 fully saturated rings. The van der Waals surface area contributed by atoms with E-state index in [2.05, 4.69) is 4.98 Å². The Morgan fingerprint density at radius 3 is 2.76 bits per heavy atom. The van der Waals surface area contributed by atoms with Gasteiger partial charge in [0.1, 0.15) is 11.6 Å². The van der Waals surface area contributed by atoms with Crippen molar-refractivity contribution in [1.29, 1.82) is 0 Å². The van der Waals surface area contributed by atoms with Gasteiger partial charge in [0.2, 0.25) is 0 Å². The number of aromatic nitrogens is 2. The zero-order chi connectivity index (χ0) is 15.2. The number of para-hydroxylation sites is 1. The van der Waals surface area contributed by atoms with E-state index >= 15 is 0 Å². The Balaban J connectivity index is 2.14. The summed E-state index contributed by atoms with van der Waals surface area (Å²) in [5, 5.41) is 10.1. The van der Waals surface area contributed by atoms with Gasteiger partial charge in [-0.3, -0.25) is 4.31 Å². The molecule has 1 aliphatic heterocycles. The van der Waals surface area contributed by atoms with Gasteiger partial charge >= 0.3 is 0 Å². The van der Waals surface area contributed by atoms with Crippen molar-refractivity contribution in [2.24, 2.45) is 7.05 Å². The fourth-order valence-corrected chi connectivity index (χ4v) is 4.18. The van der Waals surface area contributed by atoms with Crippen LogP contribution in [0.1, 0.15) is 17.8 Å². The summed E-state index contributed by atoms with van der Waals surface area (Å²) in [6.45, 7) is 2.10. The van der Waals surface area contributed by atoms with Crippen LogP contribution in [0, 0.1) is 6.92 Å². The van der Waals surface area contributed by atoms with Crippen molar-refractivity contribution in [3.63, 3.8) is 0 Å². The van der Waals surface area contributed by atoms with Gasteiger partial charge in [-0.15, -0.1) is 0 Å². The quantitative estimate of drug-likeness (QED) is 0.914. The van der Waals surface area contributed by atoms with E-state index in [9.17, 15) is 13.5 Å². The van der Waals surface area contributed by atoms with Crippen LogP contribution in [0.15, 0.2) is 29.4 Å². The van der Waals surface area contributed by atoms with Crippen LogP contribution in [0.2, 0.25) is 0 Å². The maximum Gasteiger partial charge on any atom is 0.283 e. The average Bonchev–Trinajstić information content (AvgIpc) is 2.79. The third kappa shape index (κ3) is 2.17. The number of imidazole rings is 1. The number of rotatable bonds is 2. The zero-order valence-corrected chi connectivity index (χ0v) is 12.8. The topological polar surface area (TPSA) is 75.4 Å². The number of hydrogen-bond acceptors (Lipinski definition) is 4. The summed E-state index contributed by atoms with van der Waals surface area (Å²) in [6.07, 6.45) is 2.98. The summed E-state index contributed by atoms with van der Waals surface area (Å²) in [4.78, 5) is 4.11. The maximum absolute atomic E-state index is 12.8. The van der Waals surface area contributed by atoms with Crippen molar-refractivity contribution < 1.29 is 13.5 Å². The van der Waals surface area contributed by atoms with E-state index in [1.807, 2.05) is 6.07 Å². The summed E-state index contributed by atoms with van der Waals surface area (Å²) < 4.78 is 28.5. The largest absolute Gasteiger partial charge is 0.506 e. The van der Waals surface area contributed by atoms with Crippen LogP contribution < -0.4 is 4.31 Å². The first-order valence-electron chi connectivity index (χ1n) is 6.75. The molecule has 0 saturated heterocycles. The molecule has 3 rings (SSSR count). The summed E-state index contributed by atoms with van der Waals surface area (Å²) >= 11 is 0. The van der Waals surface area contributed by atoms with Crippen molar-refractivity contribution >= 4 is 15.7 Å². The van der Waals surface area contributed by atoms with Crippen LogP contribution in [0.4, 0.5) is 5.69 Å². The zero-order valence-electron chi connectivity index (χ0n) is 11.9. The SMILES string of the molecule is Cc1nc(S(=O)(=O)N2CCCc3cccc(O)c32)cn1C. The lowest BCUT2D eigenvalue weighted by Gasteiger charge is -2.30. The van der Waals surface area contributed by atoms with Gasteiger partial charge in [0.05, 0.1) is 5.69 Å². The second-order valence-electron chi connectivity index (χ2n) is 5.20. The minimum absolute atomic E-state index is 0.0107. The minimum atomic E-state index is -3.76. The number of benzene rings is 1. The number of sulfonamides is 1. The number of phenolic OH excluding ortho intramolecular Hbond substituents is 1. The Morgan fingerprint density at radius 2 is 2.10 bits per heavy atom. The van der Waals surface area contributed by atoms with Crippen molar-refractivity contribution in [3.8, 4) is 5.75 Å². The fourth-order valence-electron chi connectivity index (χ4n) is 2.60. The molecule has 0 unspecified atom stereocenters. The summed E-state index contributed by atoms with van der Waals surface area (Å²) in [7, 11) is -2.01. The summed E-state index contributed by atoms with van der Waals surface area (Å²) in [6, 6.07) is 5.09. The van der Waals surface area contributed by atoms with Gasteiger partial charge in [0.15, 0.2) is 5.03 Å². The molecule has 7 heteroatoms. The molecule has 0 radical (unpaired) electrons. The van der Waals surface area contributed by atoms with Crippen molar-refractivity contribution in [3.05, 3.63) is 35.8 Å². The van der Waals surface area contributed by atoms with Crippen molar-refractivity contribution in [2.75, 3.05) is 10.8 Å². The molecule has 2 heterocycles. The van der Waals surface area contributed by atoms with E-state index in [0.717, 1.165) is 18.4 Å². The molecule has 1 aliphatic rings. The molecule has 6 nitrogen and oxygen atoms in total. The highest BCUT2D eigenvalue weighted by atomic mass is 32.2. The highest BCUT2D eigenvalue weighted by Gasteiger charge is 2.32. The first-order chi connectivity index (χ1) is 9.91. The maximum atomic E-state index is 12.8. The molecule has 0 saturated carbocycles. The van der Waals surface area contributed by atoms with Crippen LogP contribution >= 0.6 is 0 Å². The minimum Gasteiger partial charge on any atom is -0.506 e. The highest BCUT2D eigenvalue weighted by Crippen LogP contribution is 2.38. The monoisotopic (exact) mass is 307 g/mol. The number of fused-ring (bicyclic) bond motifs is 1. The third-order valence-corrected chi connectivity index (χ3v) is 5.47. The van der Waals surface area contributed by atoms with Crippen LogP contribution in [0.5, 0.6) is 5.75 Å². The molecule has 0 bridgehead atoms. The molecule has 0 amide bonds. The van der Waals surface area contributed by atoms with E-state index in [1.165, 1.54) is 16.6 Å². The molecule has 1 N–H and O–H groups in total. The van der Waals surface area contributed by atoms with E-state index in [4.69, 9.17) is 0 Å². The molecule has 112 valence electrons. The van der Waals surface area contributed by atoms with Crippen LogP contribution in [0.25, 0.3) is 0 Å². The fraction of sp³-hybridized carbons (Fsp3) is 0.357. The van der Waals surface area contributed by atoms with E-state index in [1.54, 1.807) is 24.6 Å². The van der Waals surface area contributed by atoms with Crippen LogP contribution in [0.3, 0.4) is 0 Å². The predicted octanol–water partition coefficient (Wildman–Crippen LogP) is 1.58. The predicted molar refractivity (Wildman–Crippen MR) is 78.9 cm³/mol. The highest BCUT2D eigenvalue weighted by molar-refractivity contribution is 7.92. The number of hydrogen-bond donors (Lipinski definition) is 1. The number of aryl methyl sites for hydroxylation is 3. The Morgan fingerprint density at radius 1 is 1.33 bits per heavy atom. The first kappa shape index (κ1) is 13.9. The lowest BCUT2D eigenvalue weighted by molar-refractivity contribution is 0.472.